The average Bonchev–Trinajstić information content (AvgIpc) is 3.36. The van der Waals surface area contributed by atoms with Crippen molar-refractivity contribution in [1.29, 1.82) is 0 Å². The number of carbonyl (C=O) groups excluding carboxylic acids is 1. The molecule has 0 spiro atoms. The monoisotopic (exact) mass is 378 g/mol. The summed E-state index contributed by atoms with van der Waals surface area (Å²) < 4.78 is 25.2. The Labute approximate surface area is 152 Å². The molecule has 3 rings (SSSR count). The molecule has 0 aromatic heterocycles. The van der Waals surface area contributed by atoms with E-state index in [0.717, 1.165) is 16.3 Å². The van der Waals surface area contributed by atoms with E-state index in [4.69, 9.17) is 11.6 Å². The van der Waals surface area contributed by atoms with E-state index in [0.29, 0.717) is 10.7 Å². The molecule has 1 aliphatic rings. The van der Waals surface area contributed by atoms with Gasteiger partial charge >= 0.3 is 0 Å². The zero-order valence-electron chi connectivity index (χ0n) is 13.9. The van der Waals surface area contributed by atoms with Crippen LogP contribution >= 0.6 is 11.6 Å². The molecule has 1 amide bonds. The van der Waals surface area contributed by atoms with Crippen molar-refractivity contribution in [3.63, 3.8) is 0 Å². The van der Waals surface area contributed by atoms with Gasteiger partial charge in [0.15, 0.2) is 0 Å². The summed E-state index contributed by atoms with van der Waals surface area (Å²) in [6.45, 7) is 0. The lowest BCUT2D eigenvalue weighted by Crippen LogP contribution is -2.22. The minimum absolute atomic E-state index is 0.0758. The maximum atomic E-state index is 12.4. The van der Waals surface area contributed by atoms with Crippen LogP contribution in [0.4, 0.5) is 5.69 Å². The van der Waals surface area contributed by atoms with E-state index < -0.39 is 10.0 Å². The van der Waals surface area contributed by atoms with Crippen molar-refractivity contribution in [3.05, 3.63) is 59.1 Å². The number of nitrogens with zero attached hydrogens (tertiary/aromatic N) is 1. The van der Waals surface area contributed by atoms with Crippen LogP contribution in [0.15, 0.2) is 53.4 Å². The van der Waals surface area contributed by atoms with Gasteiger partial charge in [-0.15, -0.1) is 0 Å². The Bertz CT molecular complexity index is 895. The molecule has 132 valence electrons. The van der Waals surface area contributed by atoms with E-state index in [9.17, 15) is 13.2 Å². The third-order valence-corrected chi connectivity index (χ3v) is 6.51. The summed E-state index contributed by atoms with van der Waals surface area (Å²) in [5.41, 5.74) is 1.57. The maximum absolute atomic E-state index is 12.4. The van der Waals surface area contributed by atoms with Gasteiger partial charge in [-0.25, -0.2) is 12.7 Å². The second kappa shape index (κ2) is 6.78. The Morgan fingerprint density at radius 1 is 1.12 bits per heavy atom. The van der Waals surface area contributed by atoms with Gasteiger partial charge in [0.1, 0.15) is 0 Å². The van der Waals surface area contributed by atoms with E-state index in [2.05, 4.69) is 5.32 Å². The fraction of sp³-hybridized carbons (Fsp3) is 0.278. The summed E-state index contributed by atoms with van der Waals surface area (Å²) >= 11 is 6.18. The third-order valence-electron chi connectivity index (χ3n) is 4.33. The highest BCUT2D eigenvalue weighted by Crippen LogP contribution is 2.50. The Morgan fingerprint density at radius 3 is 2.36 bits per heavy atom. The highest BCUT2D eigenvalue weighted by molar-refractivity contribution is 7.89. The quantitative estimate of drug-likeness (QED) is 0.867. The van der Waals surface area contributed by atoms with Crippen molar-refractivity contribution in [2.24, 2.45) is 5.92 Å². The third kappa shape index (κ3) is 3.71. The number of benzene rings is 2. The van der Waals surface area contributed by atoms with Gasteiger partial charge in [0.25, 0.3) is 0 Å². The summed E-state index contributed by atoms with van der Waals surface area (Å²) in [7, 11) is -0.511. The van der Waals surface area contributed by atoms with Gasteiger partial charge in [-0.05, 0) is 48.2 Å². The smallest absolute Gasteiger partial charge is 0.242 e. The van der Waals surface area contributed by atoms with Crippen LogP contribution in [0.1, 0.15) is 17.9 Å². The van der Waals surface area contributed by atoms with Crippen molar-refractivity contribution in [2.45, 2.75) is 17.2 Å². The fourth-order valence-corrected chi connectivity index (χ4v) is 3.94. The summed E-state index contributed by atoms with van der Waals surface area (Å²) in [5, 5.41) is 3.52. The van der Waals surface area contributed by atoms with Crippen LogP contribution in [-0.2, 0) is 14.8 Å². The largest absolute Gasteiger partial charge is 0.326 e. The number of hydrogen-bond donors (Lipinski definition) is 1. The van der Waals surface area contributed by atoms with Gasteiger partial charge < -0.3 is 5.32 Å². The summed E-state index contributed by atoms with van der Waals surface area (Å²) in [6, 6.07) is 13.7. The van der Waals surface area contributed by atoms with Crippen LogP contribution in [0.25, 0.3) is 0 Å². The molecule has 0 aliphatic heterocycles. The van der Waals surface area contributed by atoms with Crippen LogP contribution in [0.2, 0.25) is 5.02 Å². The maximum Gasteiger partial charge on any atom is 0.242 e. The molecule has 1 N–H and O–H groups in total. The Morgan fingerprint density at radius 2 is 1.76 bits per heavy atom. The Balaban J connectivity index is 1.66. The molecule has 2 unspecified atom stereocenters. The number of hydrogen-bond acceptors (Lipinski definition) is 3. The zero-order chi connectivity index (χ0) is 18.2. The first kappa shape index (κ1) is 17.9. The number of halogens is 1. The highest BCUT2D eigenvalue weighted by Gasteiger charge is 2.44. The number of rotatable bonds is 5. The molecule has 0 heterocycles. The predicted molar refractivity (Wildman–Crippen MR) is 98.2 cm³/mol. The van der Waals surface area contributed by atoms with Crippen LogP contribution in [0, 0.1) is 5.92 Å². The Kier molecular flexibility index (Phi) is 4.86. The van der Waals surface area contributed by atoms with E-state index in [1.165, 1.54) is 26.2 Å². The van der Waals surface area contributed by atoms with Crippen molar-refractivity contribution in [1.82, 2.24) is 4.31 Å². The average molecular weight is 379 g/mol. The minimum Gasteiger partial charge on any atom is -0.326 e. The molecule has 2 aromatic rings. The molecule has 2 atom stereocenters. The predicted octanol–water partition coefficient (Wildman–Crippen LogP) is 3.33. The number of anilines is 1. The molecule has 1 fully saturated rings. The number of carbonyl (C=O) groups is 1. The van der Waals surface area contributed by atoms with Crippen LogP contribution in [0.5, 0.6) is 0 Å². The molecule has 7 heteroatoms. The zero-order valence-corrected chi connectivity index (χ0v) is 15.5. The van der Waals surface area contributed by atoms with E-state index in [1.807, 2.05) is 24.3 Å². The highest BCUT2D eigenvalue weighted by atomic mass is 35.5. The van der Waals surface area contributed by atoms with Crippen LogP contribution in [-0.4, -0.2) is 32.7 Å². The normalized spacial score (nSPS) is 19.7. The van der Waals surface area contributed by atoms with Crippen molar-refractivity contribution in [2.75, 3.05) is 19.4 Å². The van der Waals surface area contributed by atoms with Crippen LogP contribution < -0.4 is 5.32 Å². The summed E-state index contributed by atoms with van der Waals surface area (Å²) in [6.07, 6.45) is 0.767. The molecule has 5 nitrogen and oxygen atoms in total. The first-order chi connectivity index (χ1) is 11.8. The van der Waals surface area contributed by atoms with Crippen molar-refractivity contribution < 1.29 is 13.2 Å². The number of sulfonamides is 1. The molecule has 1 saturated carbocycles. The molecular formula is C18H19ClN2O3S. The van der Waals surface area contributed by atoms with Gasteiger partial charge in [0.2, 0.25) is 15.9 Å². The SMILES string of the molecule is CN(C)S(=O)(=O)c1ccc(NC(=O)C2CC2c2ccccc2Cl)cc1. The van der Waals surface area contributed by atoms with E-state index in [-0.39, 0.29) is 22.6 Å². The van der Waals surface area contributed by atoms with E-state index >= 15 is 0 Å². The standard InChI is InChI=1S/C18H19ClN2O3S/c1-21(2)25(23,24)13-9-7-12(8-10-13)20-18(22)16-11-15(16)14-5-3-4-6-17(14)19/h3-10,15-16H,11H2,1-2H3,(H,20,22). The molecule has 0 saturated heterocycles. The lowest BCUT2D eigenvalue weighted by Gasteiger charge is -2.12. The minimum atomic E-state index is -3.47. The van der Waals surface area contributed by atoms with Crippen LogP contribution in [0.3, 0.4) is 0 Å². The topological polar surface area (TPSA) is 66.5 Å². The second-order valence-electron chi connectivity index (χ2n) is 6.27. The molecule has 0 radical (unpaired) electrons. The lowest BCUT2D eigenvalue weighted by molar-refractivity contribution is -0.117. The van der Waals surface area contributed by atoms with E-state index in [1.54, 1.807) is 12.1 Å². The first-order valence-electron chi connectivity index (χ1n) is 7.88. The number of nitrogens with one attached hydrogen (secondary N) is 1. The molecule has 2 aromatic carbocycles. The number of amides is 1. The van der Waals surface area contributed by atoms with Gasteiger partial charge in [0.05, 0.1) is 4.90 Å². The van der Waals surface area contributed by atoms with Gasteiger partial charge in [-0.3, -0.25) is 4.79 Å². The summed E-state index contributed by atoms with van der Waals surface area (Å²) in [5.74, 6) is -0.0414. The first-order valence-corrected chi connectivity index (χ1v) is 9.70. The lowest BCUT2D eigenvalue weighted by atomic mass is 10.1. The molecular weight excluding hydrogens is 360 g/mol. The van der Waals surface area contributed by atoms with Gasteiger partial charge in [-0.2, -0.15) is 0 Å². The van der Waals surface area contributed by atoms with Crippen molar-refractivity contribution >= 4 is 33.2 Å². The summed E-state index contributed by atoms with van der Waals surface area (Å²) in [4.78, 5) is 12.6. The second-order valence-corrected chi connectivity index (χ2v) is 8.83. The Hall–Kier alpha value is -1.89. The van der Waals surface area contributed by atoms with Gasteiger partial charge in [0, 0.05) is 30.7 Å². The molecule has 0 bridgehead atoms. The molecule has 1 aliphatic carbocycles. The fourth-order valence-electron chi connectivity index (χ4n) is 2.76. The van der Waals surface area contributed by atoms with Gasteiger partial charge in [-0.1, -0.05) is 29.8 Å². The van der Waals surface area contributed by atoms with Crippen molar-refractivity contribution in [3.8, 4) is 0 Å². The molecule has 25 heavy (non-hydrogen) atoms.